The first kappa shape index (κ1) is 40.2. The van der Waals surface area contributed by atoms with Crippen molar-refractivity contribution < 1.29 is 19.3 Å². The molecule has 0 saturated carbocycles. The third-order valence-electron chi connectivity index (χ3n) is 5.30. The molecule has 0 radical (unpaired) electrons. The molecular weight excluding hydrogens is 675 g/mol. The van der Waals surface area contributed by atoms with Crippen molar-refractivity contribution in [1.82, 2.24) is 9.97 Å². The molecule has 4 aromatic rings. The zero-order valence-corrected chi connectivity index (χ0v) is 27.6. The van der Waals surface area contributed by atoms with E-state index in [0.717, 1.165) is 21.2 Å². The number of pyridine rings is 2. The van der Waals surface area contributed by atoms with E-state index < -0.39 is 9.85 Å². The van der Waals surface area contributed by atoms with Crippen molar-refractivity contribution in [3.8, 4) is 22.6 Å². The summed E-state index contributed by atoms with van der Waals surface area (Å²) in [4.78, 5) is 28.8. The van der Waals surface area contributed by atoms with Crippen LogP contribution in [0.4, 0.5) is 11.4 Å². The molecule has 0 unspecified atom stereocenters. The second-order valence-electron chi connectivity index (χ2n) is 9.45. The SMILES string of the molecule is Brc1ccncc1.C.Cc1cc([N+](=O)[O-])c(OC(C)C)cc1-c1ccncc1.Cc1cc([N+](=O)[O-])c(OC(C)C)cc1Cl.Cl. The lowest BCUT2D eigenvalue weighted by Crippen LogP contribution is -2.08. The Balaban J connectivity index is 0.000000680. The van der Waals surface area contributed by atoms with Crippen LogP contribution in [0.3, 0.4) is 0 Å². The highest BCUT2D eigenvalue weighted by molar-refractivity contribution is 9.10. The zero-order valence-electron chi connectivity index (χ0n) is 24.5. The van der Waals surface area contributed by atoms with Crippen molar-refractivity contribution in [3.05, 3.63) is 114 Å². The Morgan fingerprint density at radius 3 is 1.55 bits per heavy atom. The molecule has 238 valence electrons. The van der Waals surface area contributed by atoms with Crippen LogP contribution in [-0.2, 0) is 0 Å². The number of halogens is 3. The van der Waals surface area contributed by atoms with Gasteiger partial charge in [0.15, 0.2) is 11.5 Å². The molecule has 13 heteroatoms. The highest BCUT2D eigenvalue weighted by Gasteiger charge is 2.20. The van der Waals surface area contributed by atoms with Gasteiger partial charge in [0.05, 0.1) is 22.1 Å². The van der Waals surface area contributed by atoms with Gasteiger partial charge in [-0.2, -0.15) is 0 Å². The summed E-state index contributed by atoms with van der Waals surface area (Å²) in [5.41, 5.74) is 3.31. The van der Waals surface area contributed by atoms with Crippen LogP contribution >= 0.6 is 39.9 Å². The molecule has 0 aliphatic heterocycles. The number of hydrogen-bond acceptors (Lipinski definition) is 8. The third kappa shape index (κ3) is 12.8. The van der Waals surface area contributed by atoms with Crippen molar-refractivity contribution in [2.75, 3.05) is 0 Å². The Labute approximate surface area is 277 Å². The molecule has 0 aliphatic carbocycles. The van der Waals surface area contributed by atoms with Crippen molar-refractivity contribution in [2.45, 2.75) is 61.2 Å². The van der Waals surface area contributed by atoms with E-state index in [2.05, 4.69) is 25.9 Å². The van der Waals surface area contributed by atoms with Gasteiger partial charge in [-0.3, -0.25) is 30.2 Å². The molecule has 10 nitrogen and oxygen atoms in total. The predicted octanol–water partition coefficient (Wildman–Crippen LogP) is 10.00. The largest absolute Gasteiger partial charge is 0.484 e. The van der Waals surface area contributed by atoms with E-state index in [1.807, 2.05) is 45.0 Å². The van der Waals surface area contributed by atoms with Crippen LogP contribution in [-0.4, -0.2) is 32.0 Å². The van der Waals surface area contributed by atoms with Crippen LogP contribution < -0.4 is 9.47 Å². The standard InChI is InChI=1S/C15H16N2O3.C10H12ClNO3.C5H4BrN.CH4.ClH/c1-10(2)20-15-9-13(12-4-6-16-7-5-12)11(3)8-14(15)17(18)19;1-6(2)15-10-5-8(11)7(3)4-9(10)12(13)14;6-5-1-3-7-4-2-5;;/h4-10H,1-3H3;4-6H,1-3H3;1-4H;1H4;1H. The molecule has 0 aliphatic rings. The Hall–Kier alpha value is -3.80. The zero-order chi connectivity index (χ0) is 31.4. The molecule has 2 heterocycles. The van der Waals surface area contributed by atoms with Crippen molar-refractivity contribution in [3.63, 3.8) is 0 Å². The molecule has 0 bridgehead atoms. The number of aromatic nitrogens is 2. The first-order valence-electron chi connectivity index (χ1n) is 12.8. The fraction of sp³-hybridized carbons (Fsp3) is 0.290. The fourth-order valence-electron chi connectivity index (χ4n) is 3.48. The first-order chi connectivity index (χ1) is 19.8. The summed E-state index contributed by atoms with van der Waals surface area (Å²) < 4.78 is 12.0. The second kappa shape index (κ2) is 19.5. The Bertz CT molecular complexity index is 1490. The van der Waals surface area contributed by atoms with Gasteiger partial charge in [-0.1, -0.05) is 35.0 Å². The molecule has 2 aromatic carbocycles. The molecule has 0 spiro atoms. The molecule has 0 N–H and O–H groups in total. The van der Waals surface area contributed by atoms with Crippen LogP contribution in [0.25, 0.3) is 11.1 Å². The van der Waals surface area contributed by atoms with Gasteiger partial charge in [-0.15, -0.1) is 12.4 Å². The number of nitrogens with zero attached hydrogens (tertiary/aromatic N) is 4. The number of aryl methyl sites for hydroxylation is 2. The van der Waals surface area contributed by atoms with Crippen molar-refractivity contribution in [2.24, 2.45) is 0 Å². The number of rotatable bonds is 7. The van der Waals surface area contributed by atoms with Crippen LogP contribution in [0.1, 0.15) is 46.2 Å². The molecule has 0 atom stereocenters. The molecular formula is C31H37BrCl2N4O6. The van der Waals surface area contributed by atoms with Crippen LogP contribution in [0, 0.1) is 34.1 Å². The normalized spacial score (nSPS) is 9.77. The number of ether oxygens (including phenoxy) is 2. The fourth-order valence-corrected chi connectivity index (χ4v) is 3.87. The highest BCUT2D eigenvalue weighted by Crippen LogP contribution is 2.36. The highest BCUT2D eigenvalue weighted by atomic mass is 79.9. The van der Waals surface area contributed by atoms with Crippen LogP contribution in [0.15, 0.2) is 77.8 Å². The number of nitro groups is 2. The quantitative estimate of drug-likeness (QED) is 0.137. The lowest BCUT2D eigenvalue weighted by molar-refractivity contribution is -0.386. The van der Waals surface area contributed by atoms with E-state index in [0.29, 0.717) is 16.3 Å². The van der Waals surface area contributed by atoms with E-state index in [1.54, 1.807) is 57.7 Å². The van der Waals surface area contributed by atoms with Gasteiger partial charge in [-0.25, -0.2) is 0 Å². The second-order valence-corrected chi connectivity index (χ2v) is 10.8. The summed E-state index contributed by atoms with van der Waals surface area (Å²) in [6, 6.07) is 13.7. The minimum atomic E-state index is -0.471. The Kier molecular flexibility index (Phi) is 17.8. The summed E-state index contributed by atoms with van der Waals surface area (Å²) >= 11 is 9.14. The predicted molar refractivity (Wildman–Crippen MR) is 181 cm³/mol. The van der Waals surface area contributed by atoms with Gasteiger partial charge in [0.1, 0.15) is 0 Å². The number of benzene rings is 2. The molecule has 44 heavy (non-hydrogen) atoms. The number of hydrogen-bond donors (Lipinski definition) is 0. The van der Waals surface area contributed by atoms with Gasteiger partial charge in [0.2, 0.25) is 0 Å². The number of nitro benzene ring substituents is 2. The van der Waals surface area contributed by atoms with Crippen molar-refractivity contribution in [1.29, 1.82) is 0 Å². The maximum absolute atomic E-state index is 11.1. The molecule has 0 amide bonds. The van der Waals surface area contributed by atoms with Crippen LogP contribution in [0.5, 0.6) is 11.5 Å². The van der Waals surface area contributed by atoms with Gasteiger partial charge in [0, 0.05) is 52.5 Å². The van der Waals surface area contributed by atoms with E-state index >= 15 is 0 Å². The smallest absolute Gasteiger partial charge is 0.311 e. The van der Waals surface area contributed by atoms with E-state index in [-0.39, 0.29) is 49.2 Å². The Morgan fingerprint density at radius 1 is 0.750 bits per heavy atom. The Morgan fingerprint density at radius 2 is 1.16 bits per heavy atom. The van der Waals surface area contributed by atoms with Gasteiger partial charge >= 0.3 is 11.4 Å². The van der Waals surface area contributed by atoms with E-state index in [9.17, 15) is 20.2 Å². The average Bonchev–Trinajstić information content (AvgIpc) is 2.92. The summed E-state index contributed by atoms with van der Waals surface area (Å²) in [7, 11) is 0. The maximum atomic E-state index is 11.1. The lowest BCUT2D eigenvalue weighted by Gasteiger charge is -2.13. The molecule has 0 fully saturated rings. The first-order valence-corrected chi connectivity index (χ1v) is 14.0. The van der Waals surface area contributed by atoms with E-state index in [1.165, 1.54) is 12.1 Å². The lowest BCUT2D eigenvalue weighted by atomic mass is 10.0. The topological polar surface area (TPSA) is 131 Å². The van der Waals surface area contributed by atoms with Crippen LogP contribution in [0.2, 0.25) is 5.02 Å². The van der Waals surface area contributed by atoms with Crippen molar-refractivity contribution >= 4 is 51.3 Å². The molecule has 0 saturated heterocycles. The minimum Gasteiger partial charge on any atom is -0.484 e. The third-order valence-corrected chi connectivity index (χ3v) is 6.23. The summed E-state index contributed by atoms with van der Waals surface area (Å²) in [6.45, 7) is 10.9. The van der Waals surface area contributed by atoms with Gasteiger partial charge in [0.25, 0.3) is 0 Å². The summed E-state index contributed by atoms with van der Waals surface area (Å²) in [5.74, 6) is 0.507. The van der Waals surface area contributed by atoms with Gasteiger partial charge in [-0.05, 0) is 94.1 Å². The van der Waals surface area contributed by atoms with E-state index in [4.69, 9.17) is 21.1 Å². The molecule has 4 rings (SSSR count). The van der Waals surface area contributed by atoms with Gasteiger partial charge < -0.3 is 9.47 Å². The minimum absolute atomic E-state index is 0. The average molecular weight is 712 g/mol. The summed E-state index contributed by atoms with van der Waals surface area (Å²) in [6.07, 6.45) is 6.62. The maximum Gasteiger partial charge on any atom is 0.311 e. The monoisotopic (exact) mass is 710 g/mol. The molecule has 2 aromatic heterocycles. The summed E-state index contributed by atoms with van der Waals surface area (Å²) in [5, 5.41) is 22.3.